The van der Waals surface area contributed by atoms with Crippen molar-refractivity contribution in [1.82, 2.24) is 9.88 Å². The van der Waals surface area contributed by atoms with E-state index in [4.69, 9.17) is 14.6 Å². The van der Waals surface area contributed by atoms with Gasteiger partial charge in [-0.25, -0.2) is 18.4 Å². The molecule has 0 aliphatic carbocycles. The van der Waals surface area contributed by atoms with Gasteiger partial charge in [0.25, 0.3) is 5.91 Å². The van der Waals surface area contributed by atoms with E-state index in [9.17, 15) is 18.0 Å². The van der Waals surface area contributed by atoms with Crippen molar-refractivity contribution < 1.29 is 27.5 Å². The van der Waals surface area contributed by atoms with Crippen molar-refractivity contribution in [3.8, 4) is 0 Å². The van der Waals surface area contributed by atoms with Crippen molar-refractivity contribution >= 4 is 39.2 Å². The molecule has 3 heterocycles. The summed E-state index contributed by atoms with van der Waals surface area (Å²) in [6.07, 6.45) is 3.06. The van der Waals surface area contributed by atoms with Gasteiger partial charge in [0.05, 0.1) is 35.9 Å². The maximum atomic E-state index is 12.8. The fraction of sp³-hybridized carbons (Fsp3) is 0.417. The van der Waals surface area contributed by atoms with Crippen LogP contribution in [-0.2, 0) is 30.7 Å². The molecule has 35 heavy (non-hydrogen) atoms. The Morgan fingerprint density at radius 2 is 2.03 bits per heavy atom. The van der Waals surface area contributed by atoms with Gasteiger partial charge in [0.1, 0.15) is 0 Å². The lowest BCUT2D eigenvalue weighted by molar-refractivity contribution is -0.110. The van der Waals surface area contributed by atoms with E-state index >= 15 is 0 Å². The van der Waals surface area contributed by atoms with E-state index < -0.39 is 16.0 Å². The number of fused-ring (bicyclic) bond motifs is 1. The van der Waals surface area contributed by atoms with Crippen molar-refractivity contribution in [2.75, 3.05) is 44.8 Å². The van der Waals surface area contributed by atoms with Gasteiger partial charge in [-0.1, -0.05) is 0 Å². The van der Waals surface area contributed by atoms with Crippen LogP contribution in [-0.4, -0.2) is 69.6 Å². The number of morpholine rings is 1. The molecule has 10 nitrogen and oxygen atoms in total. The maximum Gasteiger partial charge on any atom is 0.340 e. The molecule has 1 aromatic heterocycles. The highest BCUT2D eigenvalue weighted by molar-refractivity contribution is 7.89. The number of benzene rings is 1. The SMILES string of the molecule is CCOC(=O)c1c(C)[nH]c(C=C2C(=O)Nc3ccc(S(N)(=O)=O)cc32)c1CCCN1CCOCC1. The number of esters is 1. The van der Waals surface area contributed by atoms with Gasteiger partial charge in [0.2, 0.25) is 10.0 Å². The summed E-state index contributed by atoms with van der Waals surface area (Å²) in [7, 11) is -3.94. The molecule has 0 atom stereocenters. The van der Waals surface area contributed by atoms with Crippen molar-refractivity contribution in [3.05, 3.63) is 46.3 Å². The zero-order valence-electron chi connectivity index (χ0n) is 19.8. The number of hydrogen-bond donors (Lipinski definition) is 3. The van der Waals surface area contributed by atoms with Gasteiger partial charge >= 0.3 is 5.97 Å². The monoisotopic (exact) mass is 502 g/mol. The number of ether oxygens (including phenoxy) is 2. The average molecular weight is 503 g/mol. The van der Waals surface area contributed by atoms with Crippen molar-refractivity contribution in [1.29, 1.82) is 0 Å². The number of nitrogens with two attached hydrogens (primary N) is 1. The summed E-state index contributed by atoms with van der Waals surface area (Å²) >= 11 is 0. The summed E-state index contributed by atoms with van der Waals surface area (Å²) in [6, 6.07) is 4.25. The van der Waals surface area contributed by atoms with Gasteiger partial charge in [-0.2, -0.15) is 0 Å². The molecule has 2 aromatic rings. The van der Waals surface area contributed by atoms with Gasteiger partial charge in [0, 0.05) is 35.7 Å². The molecule has 0 saturated carbocycles. The molecule has 0 radical (unpaired) electrons. The number of anilines is 1. The predicted octanol–water partition coefficient (Wildman–Crippen LogP) is 1.90. The third-order valence-corrected chi connectivity index (χ3v) is 7.11. The van der Waals surface area contributed by atoms with E-state index in [1.54, 1.807) is 19.9 Å². The Balaban J connectivity index is 1.71. The van der Waals surface area contributed by atoms with Crippen LogP contribution in [0.15, 0.2) is 23.1 Å². The van der Waals surface area contributed by atoms with Crippen LogP contribution in [0.25, 0.3) is 11.6 Å². The Kier molecular flexibility index (Phi) is 7.41. The molecule has 1 saturated heterocycles. The fourth-order valence-corrected chi connectivity index (χ4v) is 5.04. The van der Waals surface area contributed by atoms with Gasteiger partial charge in [-0.05, 0) is 63.1 Å². The number of aromatic amines is 1. The second-order valence-corrected chi connectivity index (χ2v) is 10.1. The number of nitrogens with one attached hydrogen (secondary N) is 2. The van der Waals surface area contributed by atoms with Crippen LogP contribution < -0.4 is 10.5 Å². The normalized spacial score (nSPS) is 17.5. The van der Waals surface area contributed by atoms with Gasteiger partial charge in [-0.15, -0.1) is 0 Å². The Morgan fingerprint density at radius 1 is 1.29 bits per heavy atom. The summed E-state index contributed by atoms with van der Waals surface area (Å²) in [5.74, 6) is -0.782. The van der Waals surface area contributed by atoms with E-state index in [0.717, 1.165) is 31.6 Å². The molecule has 0 unspecified atom stereocenters. The molecule has 2 aliphatic rings. The summed E-state index contributed by atoms with van der Waals surface area (Å²) in [4.78, 5) is 31.0. The lowest BCUT2D eigenvalue weighted by Gasteiger charge is -2.26. The minimum absolute atomic E-state index is 0.0840. The van der Waals surface area contributed by atoms with Crippen LogP contribution in [0.5, 0.6) is 0 Å². The van der Waals surface area contributed by atoms with E-state index in [2.05, 4.69) is 15.2 Å². The Hall–Kier alpha value is -2.99. The van der Waals surface area contributed by atoms with E-state index in [-0.39, 0.29) is 23.0 Å². The van der Waals surface area contributed by atoms with E-state index in [0.29, 0.717) is 47.8 Å². The molecule has 4 rings (SSSR count). The number of hydrogen-bond acceptors (Lipinski definition) is 7. The zero-order valence-corrected chi connectivity index (χ0v) is 20.7. The number of amides is 1. The van der Waals surface area contributed by atoms with E-state index in [1.807, 2.05) is 0 Å². The van der Waals surface area contributed by atoms with E-state index in [1.165, 1.54) is 18.2 Å². The summed E-state index contributed by atoms with van der Waals surface area (Å²) in [6.45, 7) is 7.82. The van der Waals surface area contributed by atoms with Crippen LogP contribution in [0.4, 0.5) is 5.69 Å². The third-order valence-electron chi connectivity index (χ3n) is 6.20. The lowest BCUT2D eigenvalue weighted by Crippen LogP contribution is -2.37. The fourth-order valence-electron chi connectivity index (χ4n) is 4.50. The minimum atomic E-state index is -3.94. The van der Waals surface area contributed by atoms with Gasteiger partial charge in [0.15, 0.2) is 0 Å². The molecule has 4 N–H and O–H groups in total. The number of rotatable bonds is 8. The summed E-state index contributed by atoms with van der Waals surface area (Å²) in [5.41, 5.74) is 3.72. The predicted molar refractivity (Wildman–Crippen MR) is 131 cm³/mol. The van der Waals surface area contributed by atoms with Crippen LogP contribution >= 0.6 is 0 Å². The van der Waals surface area contributed by atoms with Crippen molar-refractivity contribution in [2.24, 2.45) is 5.14 Å². The third kappa shape index (κ3) is 5.48. The van der Waals surface area contributed by atoms with Gasteiger partial charge < -0.3 is 19.8 Å². The Bertz CT molecular complexity index is 1280. The highest BCUT2D eigenvalue weighted by Gasteiger charge is 2.28. The van der Waals surface area contributed by atoms with Crippen LogP contribution in [0.1, 0.15) is 46.2 Å². The Morgan fingerprint density at radius 3 is 2.71 bits per heavy atom. The number of primary sulfonamides is 1. The number of carbonyl (C=O) groups excluding carboxylic acids is 2. The van der Waals surface area contributed by atoms with Crippen molar-refractivity contribution in [2.45, 2.75) is 31.6 Å². The highest BCUT2D eigenvalue weighted by atomic mass is 32.2. The lowest BCUT2D eigenvalue weighted by atomic mass is 10.00. The number of carbonyl (C=O) groups is 2. The first-order valence-electron chi connectivity index (χ1n) is 11.6. The summed E-state index contributed by atoms with van der Waals surface area (Å²) in [5, 5.41) is 8.04. The second kappa shape index (κ2) is 10.3. The molecule has 1 amide bonds. The minimum Gasteiger partial charge on any atom is -0.462 e. The van der Waals surface area contributed by atoms with Gasteiger partial charge in [-0.3, -0.25) is 9.69 Å². The largest absolute Gasteiger partial charge is 0.462 e. The molecule has 188 valence electrons. The Labute approximate surface area is 204 Å². The first kappa shape index (κ1) is 25.1. The number of aryl methyl sites for hydroxylation is 1. The van der Waals surface area contributed by atoms with Crippen molar-refractivity contribution in [3.63, 3.8) is 0 Å². The molecular formula is C24H30N4O6S. The zero-order chi connectivity index (χ0) is 25.2. The first-order chi connectivity index (χ1) is 16.7. The molecular weight excluding hydrogens is 472 g/mol. The number of nitrogens with zero attached hydrogens (tertiary/aromatic N) is 1. The summed E-state index contributed by atoms with van der Waals surface area (Å²) < 4.78 is 34.4. The van der Waals surface area contributed by atoms with Crippen LogP contribution in [0.2, 0.25) is 0 Å². The van der Waals surface area contributed by atoms with Crippen LogP contribution in [0.3, 0.4) is 0 Å². The number of H-pyrrole nitrogens is 1. The molecule has 1 aromatic carbocycles. The quantitative estimate of drug-likeness (QED) is 0.369. The first-order valence-corrected chi connectivity index (χ1v) is 13.1. The van der Waals surface area contributed by atoms with Crippen LogP contribution in [0, 0.1) is 6.92 Å². The highest BCUT2D eigenvalue weighted by Crippen LogP contribution is 2.36. The molecule has 1 fully saturated rings. The molecule has 0 spiro atoms. The number of aromatic nitrogens is 1. The second-order valence-electron chi connectivity index (χ2n) is 8.56. The average Bonchev–Trinajstić information content (AvgIpc) is 3.29. The molecule has 0 bridgehead atoms. The standard InChI is InChI=1S/C24H30N4O6S/c1-3-34-24(30)22-15(2)26-21(17(22)5-4-8-28-9-11-33-12-10-28)14-19-18-13-16(35(25,31)32)6-7-20(18)27-23(19)29/h6-7,13-14,26H,3-5,8-12H2,1-2H3,(H,27,29)(H2,25,31,32). The maximum absolute atomic E-state index is 12.8. The number of sulfonamides is 1. The molecule has 2 aliphatic heterocycles. The smallest absolute Gasteiger partial charge is 0.340 e. The molecule has 11 heteroatoms. The topological polar surface area (TPSA) is 144 Å².